The van der Waals surface area contributed by atoms with E-state index < -0.39 is 5.54 Å². The van der Waals surface area contributed by atoms with Crippen LogP contribution in [0, 0.1) is 0 Å². The molecule has 0 saturated heterocycles. The van der Waals surface area contributed by atoms with Gasteiger partial charge in [-0.1, -0.05) is 170 Å². The maximum atomic E-state index is 14.0. The molecule has 0 aliphatic rings. The molecule has 2 N–H and O–H groups in total. The zero-order valence-electron chi connectivity index (χ0n) is 28.5. The van der Waals surface area contributed by atoms with E-state index in [4.69, 9.17) is 9.57 Å². The largest absolute Gasteiger partial charge is 0.494 e. The van der Waals surface area contributed by atoms with Crippen LogP contribution in [-0.4, -0.2) is 22.9 Å². The summed E-state index contributed by atoms with van der Waals surface area (Å²) in [4.78, 5) is 20.0. The van der Waals surface area contributed by atoms with Crippen molar-refractivity contribution in [3.8, 4) is 22.8 Å². The number of aromatic hydroxyl groups is 1. The fraction of sp³-hybridized carbons (Fsp3) is 0.0889. The Bertz CT molecular complexity index is 2190. The molecule has 0 aliphatic carbocycles. The molecule has 0 radical (unpaired) electrons. The average molecular weight is 703 g/mol. The summed E-state index contributed by atoms with van der Waals surface area (Å²) in [6, 6.07) is 55.6. The highest BCUT2D eigenvalue weighted by Gasteiger charge is 2.42. The minimum Gasteiger partial charge on any atom is -0.494 e. The second kappa shape index (κ2) is 15.8. The van der Waals surface area contributed by atoms with E-state index in [2.05, 4.69) is 36.3 Å². The van der Waals surface area contributed by atoms with Crippen LogP contribution in [0.5, 0.6) is 11.6 Å². The zero-order valence-corrected chi connectivity index (χ0v) is 29.3. The third-order valence-corrected chi connectivity index (χ3v) is 9.95. The number of hydroxylamine groups is 1. The number of thiazole rings is 1. The summed E-state index contributed by atoms with van der Waals surface area (Å²) < 4.78 is 7.47. The van der Waals surface area contributed by atoms with Crippen LogP contribution >= 0.6 is 11.3 Å². The van der Waals surface area contributed by atoms with Gasteiger partial charge in [-0.3, -0.25) is 19.7 Å². The quantitative estimate of drug-likeness (QED) is 0.0672. The highest BCUT2D eigenvalue weighted by molar-refractivity contribution is 7.09. The summed E-state index contributed by atoms with van der Waals surface area (Å²) in [6.45, 7) is 4.75. The first kappa shape index (κ1) is 34.3. The third kappa shape index (κ3) is 7.19. The molecule has 0 aliphatic heterocycles. The molecule has 258 valence electrons. The molecule has 6 aromatic carbocycles. The molecule has 1 heterocycles. The highest BCUT2D eigenvalue weighted by atomic mass is 32.1. The average Bonchev–Trinajstić information content (AvgIpc) is 3.48. The second-order valence-electron chi connectivity index (χ2n) is 12.3. The van der Waals surface area contributed by atoms with E-state index in [-0.39, 0.29) is 10.8 Å². The molecule has 6 nitrogen and oxygen atoms in total. The summed E-state index contributed by atoms with van der Waals surface area (Å²) in [5.41, 5.74) is 9.24. The highest BCUT2D eigenvalue weighted by Crippen LogP contribution is 2.43. The molecule has 7 aromatic rings. The van der Waals surface area contributed by atoms with Crippen molar-refractivity contribution in [2.45, 2.75) is 12.0 Å². The number of nitrogens with one attached hydrogen (secondary N) is 1. The molecule has 52 heavy (non-hydrogen) atoms. The van der Waals surface area contributed by atoms with Gasteiger partial charge in [0.25, 0.3) is 0 Å². The van der Waals surface area contributed by atoms with Gasteiger partial charge >= 0.3 is 4.87 Å². The zero-order chi connectivity index (χ0) is 35.8. The fourth-order valence-corrected chi connectivity index (χ4v) is 7.50. The van der Waals surface area contributed by atoms with Gasteiger partial charge in [0.05, 0.1) is 10.6 Å². The van der Waals surface area contributed by atoms with Crippen LogP contribution in [0.3, 0.4) is 0 Å². The van der Waals surface area contributed by atoms with Crippen molar-refractivity contribution in [3.63, 3.8) is 0 Å². The number of benzene rings is 6. The Balaban J connectivity index is 1.03. The first-order valence-electron chi connectivity index (χ1n) is 17.1. The molecule has 0 saturated carbocycles. The van der Waals surface area contributed by atoms with Crippen LogP contribution in [0.25, 0.3) is 16.8 Å². The Morgan fingerprint density at radius 3 is 1.79 bits per heavy atom. The number of hydrogen-bond acceptors (Lipinski definition) is 6. The minimum atomic E-state index is -1.09. The van der Waals surface area contributed by atoms with Crippen LogP contribution in [0.1, 0.15) is 32.7 Å². The summed E-state index contributed by atoms with van der Waals surface area (Å²) in [5, 5.41) is 11.9. The lowest BCUT2D eigenvalue weighted by atomic mass is 9.76. The first-order chi connectivity index (χ1) is 25.5. The normalized spacial score (nSPS) is 11.2. The Labute approximate surface area is 307 Å². The van der Waals surface area contributed by atoms with Crippen molar-refractivity contribution in [1.29, 1.82) is 0 Å². The minimum absolute atomic E-state index is 0.0510. The molecule has 7 heteroatoms. The van der Waals surface area contributed by atoms with E-state index in [1.54, 1.807) is 4.57 Å². The van der Waals surface area contributed by atoms with E-state index in [9.17, 15) is 9.90 Å². The Hall–Kier alpha value is -6.15. The van der Waals surface area contributed by atoms with Crippen molar-refractivity contribution >= 4 is 17.0 Å². The molecule has 0 unspecified atom stereocenters. The number of nitrogens with zero attached hydrogens (tertiary/aromatic N) is 1. The molecule has 7 rings (SSSR count). The molecule has 0 spiro atoms. The lowest BCUT2D eigenvalue weighted by molar-refractivity contribution is 0.0541. The van der Waals surface area contributed by atoms with Gasteiger partial charge in [0.1, 0.15) is 24.5 Å². The van der Waals surface area contributed by atoms with Gasteiger partial charge < -0.3 is 9.84 Å². The summed E-state index contributed by atoms with van der Waals surface area (Å²) >= 11 is 1.07. The summed E-state index contributed by atoms with van der Waals surface area (Å²) in [7, 11) is 0. The van der Waals surface area contributed by atoms with Crippen molar-refractivity contribution in [2.75, 3.05) is 13.2 Å². The van der Waals surface area contributed by atoms with Gasteiger partial charge in [-0.2, -0.15) is 0 Å². The number of rotatable bonds is 14. The van der Waals surface area contributed by atoms with Gasteiger partial charge in [-0.05, 0) is 57.1 Å². The summed E-state index contributed by atoms with van der Waals surface area (Å²) in [5.74, 6) is 0.637. The maximum absolute atomic E-state index is 14.0. The predicted molar refractivity (Wildman–Crippen MR) is 210 cm³/mol. The Kier molecular flexibility index (Phi) is 10.4. The van der Waals surface area contributed by atoms with E-state index >= 15 is 0 Å². The van der Waals surface area contributed by atoms with E-state index in [1.165, 1.54) is 0 Å². The molecule has 0 fully saturated rings. The van der Waals surface area contributed by atoms with Gasteiger partial charge in [0.15, 0.2) is 0 Å². The van der Waals surface area contributed by atoms with Crippen molar-refractivity contribution < 1.29 is 14.7 Å². The van der Waals surface area contributed by atoms with Gasteiger partial charge in [0.2, 0.25) is 5.88 Å². The van der Waals surface area contributed by atoms with E-state index in [1.807, 2.05) is 146 Å². The van der Waals surface area contributed by atoms with Crippen molar-refractivity contribution in [2.24, 2.45) is 0 Å². The Morgan fingerprint density at radius 1 is 0.673 bits per heavy atom. The lowest BCUT2D eigenvalue weighted by Crippen LogP contribution is -2.42. The molecular formula is C45H38N2O4S. The summed E-state index contributed by atoms with van der Waals surface area (Å²) in [6.07, 6.45) is 0.383. The van der Waals surface area contributed by atoms with Crippen LogP contribution in [0.2, 0.25) is 0 Å². The molecule has 0 amide bonds. The van der Waals surface area contributed by atoms with Gasteiger partial charge in [0, 0.05) is 6.42 Å². The second-order valence-corrected chi connectivity index (χ2v) is 13.3. The third-order valence-electron chi connectivity index (χ3n) is 9.02. The molecule has 0 atom stereocenters. The SMILES string of the molecule is C=C(NOCCOc1ccc(Cc2sc(=O)n(C(c3ccccc3)(c3ccccc3)c3ccccc3)c2O)cc1)c1cccc(-c2ccccc2)c1. The van der Waals surface area contributed by atoms with Crippen LogP contribution in [-0.2, 0) is 16.8 Å². The number of hydrogen-bond donors (Lipinski definition) is 2. The number of aromatic nitrogens is 1. The molecular weight excluding hydrogens is 665 g/mol. The molecule has 0 bridgehead atoms. The van der Waals surface area contributed by atoms with Gasteiger partial charge in [-0.15, -0.1) is 0 Å². The van der Waals surface area contributed by atoms with Gasteiger partial charge in [-0.25, -0.2) is 0 Å². The lowest BCUT2D eigenvalue weighted by Gasteiger charge is -2.37. The van der Waals surface area contributed by atoms with E-state index in [0.29, 0.717) is 36.0 Å². The number of ether oxygens (including phenoxy) is 1. The van der Waals surface area contributed by atoms with E-state index in [0.717, 1.165) is 50.3 Å². The van der Waals surface area contributed by atoms with Crippen LogP contribution in [0.15, 0.2) is 181 Å². The standard InChI is InChI=1S/C45H38N2O4S/c1-33(36-17-14-18-37(32-36)35-15-6-2-7-16-35)46-51-30-29-50-41-27-25-34(26-28-41)31-42-43(48)47(44(49)52-42)45(38-19-8-3-9-20-38,39-21-10-4-11-22-39)40-23-12-5-13-24-40/h2-28,32,46,48H,1,29-31H2. The van der Waals surface area contributed by atoms with Crippen LogP contribution in [0.4, 0.5) is 0 Å². The topological polar surface area (TPSA) is 72.7 Å². The monoisotopic (exact) mass is 702 g/mol. The maximum Gasteiger partial charge on any atom is 0.311 e. The predicted octanol–water partition coefficient (Wildman–Crippen LogP) is 9.28. The smallest absolute Gasteiger partial charge is 0.311 e. The first-order valence-corrected chi connectivity index (χ1v) is 17.9. The Morgan fingerprint density at radius 2 is 1.21 bits per heavy atom. The fourth-order valence-electron chi connectivity index (χ4n) is 6.55. The van der Waals surface area contributed by atoms with Crippen molar-refractivity contribution in [1.82, 2.24) is 10.0 Å². The van der Waals surface area contributed by atoms with Crippen molar-refractivity contribution in [3.05, 3.63) is 219 Å². The van der Waals surface area contributed by atoms with Crippen LogP contribution < -0.4 is 15.1 Å². The molecule has 1 aromatic heterocycles.